The summed E-state index contributed by atoms with van der Waals surface area (Å²) in [4.78, 5) is 15.0. The molecule has 0 amide bonds. The smallest absolute Gasteiger partial charge is 0.393 e. The maximum atomic E-state index is 14.0. The van der Waals surface area contributed by atoms with Crippen molar-refractivity contribution in [3.63, 3.8) is 0 Å². The molecule has 0 bridgehead atoms. The van der Waals surface area contributed by atoms with Gasteiger partial charge in [-0.05, 0) is 94.6 Å². The lowest BCUT2D eigenvalue weighted by Gasteiger charge is -2.30. The van der Waals surface area contributed by atoms with E-state index in [1.807, 2.05) is 91.0 Å². The normalized spacial score (nSPS) is 12.1. The lowest BCUT2D eigenvalue weighted by Crippen LogP contribution is -2.28. The first kappa shape index (κ1) is 39.4. The summed E-state index contributed by atoms with van der Waals surface area (Å²) >= 11 is 0. The summed E-state index contributed by atoms with van der Waals surface area (Å²) in [5, 5.41) is 0. The fourth-order valence-corrected chi connectivity index (χ4v) is 8.71. The van der Waals surface area contributed by atoms with Crippen molar-refractivity contribution < 1.29 is 35.9 Å². The second kappa shape index (κ2) is 17.1. The number of hydrogen-bond acceptors (Lipinski definition) is 6. The van der Waals surface area contributed by atoms with E-state index >= 15 is 0 Å². The molecular formula is C47H42F3NO5S. The quantitative estimate of drug-likeness (QED) is 0.0964. The van der Waals surface area contributed by atoms with Gasteiger partial charge in [-0.25, -0.2) is 13.2 Å². The van der Waals surface area contributed by atoms with Crippen molar-refractivity contribution in [3.8, 4) is 16.9 Å². The molecule has 0 aliphatic heterocycles. The molecule has 0 saturated carbocycles. The molecule has 0 fully saturated rings. The second-order valence-corrected chi connectivity index (χ2v) is 16.0. The Hall–Kier alpha value is -5.87. The largest absolute Gasteiger partial charge is 0.488 e. The lowest BCUT2D eigenvalue weighted by molar-refractivity contribution is -0.127. The van der Waals surface area contributed by atoms with E-state index in [1.54, 1.807) is 37.3 Å². The Morgan fingerprint density at radius 2 is 1.40 bits per heavy atom. The standard InChI is InChI=1S/C47H42F3NO5S/c1-2-55-46(52)43-29-39(24-26-44(43)56-32-35-14-7-4-8-15-35)57(53,54)38-22-19-33(20-23-38)16-11-27-51(31-34-12-5-3-6-13-34)45-37(30-47(48,49)50)21-25-41-40-18-10-9-17-36(40)28-42(41)45/h3-10,12-15,17-26,29H,2,11,16,27-28,30-32H2,1H3. The van der Waals surface area contributed by atoms with Crippen LogP contribution in [-0.2, 0) is 47.0 Å². The highest BCUT2D eigenvalue weighted by Crippen LogP contribution is 2.45. The number of fused-ring (bicyclic) bond motifs is 3. The number of carbonyl (C=O) groups is 1. The molecule has 10 heteroatoms. The van der Waals surface area contributed by atoms with E-state index in [4.69, 9.17) is 9.47 Å². The number of carbonyl (C=O) groups excluding carboxylic acids is 1. The van der Waals surface area contributed by atoms with Crippen LogP contribution >= 0.6 is 0 Å². The number of ether oxygens (including phenoxy) is 2. The van der Waals surface area contributed by atoms with Crippen LogP contribution in [0, 0.1) is 0 Å². The number of aryl methyl sites for hydroxylation is 1. The number of esters is 1. The van der Waals surface area contributed by atoms with Crippen molar-refractivity contribution in [1.82, 2.24) is 0 Å². The van der Waals surface area contributed by atoms with Crippen LogP contribution in [0.3, 0.4) is 0 Å². The fraction of sp³-hybridized carbons (Fsp3) is 0.213. The van der Waals surface area contributed by atoms with E-state index in [0.717, 1.165) is 38.9 Å². The van der Waals surface area contributed by atoms with Crippen LogP contribution in [0.1, 0.15) is 57.1 Å². The van der Waals surface area contributed by atoms with Gasteiger partial charge in [0.2, 0.25) is 9.84 Å². The van der Waals surface area contributed by atoms with Gasteiger partial charge < -0.3 is 14.4 Å². The van der Waals surface area contributed by atoms with Gasteiger partial charge in [-0.15, -0.1) is 0 Å². The second-order valence-electron chi connectivity index (χ2n) is 14.0. The Morgan fingerprint density at radius 3 is 2.11 bits per heavy atom. The van der Waals surface area contributed by atoms with Crippen LogP contribution in [0.5, 0.6) is 5.75 Å². The van der Waals surface area contributed by atoms with Gasteiger partial charge in [0, 0.05) is 25.2 Å². The minimum Gasteiger partial charge on any atom is -0.488 e. The van der Waals surface area contributed by atoms with Crippen LogP contribution in [0.2, 0.25) is 0 Å². The van der Waals surface area contributed by atoms with Crippen molar-refractivity contribution in [3.05, 3.63) is 178 Å². The van der Waals surface area contributed by atoms with Crippen molar-refractivity contribution in [2.45, 2.75) is 61.7 Å². The van der Waals surface area contributed by atoms with E-state index < -0.39 is 28.4 Å². The molecule has 0 spiro atoms. The first-order valence-electron chi connectivity index (χ1n) is 18.9. The summed E-state index contributed by atoms with van der Waals surface area (Å²) in [5.41, 5.74) is 7.66. The molecule has 1 aliphatic rings. The van der Waals surface area contributed by atoms with Gasteiger partial charge in [0.25, 0.3) is 0 Å². The molecule has 292 valence electrons. The Balaban J connectivity index is 1.11. The minimum atomic E-state index is -4.38. The molecule has 0 atom stereocenters. The monoisotopic (exact) mass is 789 g/mol. The highest BCUT2D eigenvalue weighted by atomic mass is 32.2. The number of halogens is 3. The Labute approximate surface area is 331 Å². The zero-order valence-electron chi connectivity index (χ0n) is 31.5. The number of anilines is 1. The lowest BCUT2D eigenvalue weighted by atomic mass is 9.97. The third-order valence-corrected chi connectivity index (χ3v) is 11.9. The van der Waals surface area contributed by atoms with Gasteiger partial charge in [0.15, 0.2) is 0 Å². The summed E-state index contributed by atoms with van der Waals surface area (Å²) in [6, 6.07) is 41.3. The van der Waals surface area contributed by atoms with Gasteiger partial charge in [0.1, 0.15) is 17.9 Å². The van der Waals surface area contributed by atoms with E-state index in [1.165, 1.54) is 18.2 Å². The predicted octanol–water partition coefficient (Wildman–Crippen LogP) is 10.6. The van der Waals surface area contributed by atoms with Gasteiger partial charge in [-0.1, -0.05) is 109 Å². The molecule has 1 aliphatic carbocycles. The summed E-state index contributed by atoms with van der Waals surface area (Å²) in [5.74, 6) is -0.478. The van der Waals surface area contributed by atoms with Crippen molar-refractivity contribution in [2.24, 2.45) is 0 Å². The van der Waals surface area contributed by atoms with Crippen LogP contribution in [0.15, 0.2) is 149 Å². The Kier molecular flexibility index (Phi) is 11.8. The van der Waals surface area contributed by atoms with Gasteiger partial charge >= 0.3 is 12.1 Å². The molecule has 0 unspecified atom stereocenters. The first-order valence-corrected chi connectivity index (χ1v) is 20.4. The van der Waals surface area contributed by atoms with Crippen molar-refractivity contribution in [1.29, 1.82) is 0 Å². The topological polar surface area (TPSA) is 72.9 Å². The summed E-state index contributed by atoms with van der Waals surface area (Å²) in [7, 11) is -4.03. The molecule has 7 rings (SSSR count). The van der Waals surface area contributed by atoms with Gasteiger partial charge in [-0.2, -0.15) is 13.2 Å². The molecule has 0 heterocycles. The van der Waals surface area contributed by atoms with Crippen molar-refractivity contribution >= 4 is 21.5 Å². The molecule has 6 aromatic carbocycles. The van der Waals surface area contributed by atoms with Crippen LogP contribution in [-0.4, -0.2) is 33.7 Å². The van der Waals surface area contributed by atoms with Crippen LogP contribution < -0.4 is 9.64 Å². The highest BCUT2D eigenvalue weighted by molar-refractivity contribution is 7.91. The fourth-order valence-electron chi connectivity index (χ4n) is 7.42. The van der Waals surface area contributed by atoms with E-state index in [2.05, 4.69) is 4.90 Å². The minimum absolute atomic E-state index is 0.0110. The predicted molar refractivity (Wildman–Crippen MR) is 215 cm³/mol. The molecule has 0 N–H and O–H groups in total. The van der Waals surface area contributed by atoms with E-state index in [-0.39, 0.29) is 39.9 Å². The number of hydrogen-bond donors (Lipinski definition) is 0. The molecule has 0 radical (unpaired) electrons. The maximum Gasteiger partial charge on any atom is 0.393 e. The molecule has 6 aromatic rings. The molecule has 57 heavy (non-hydrogen) atoms. The average molecular weight is 790 g/mol. The third-order valence-electron chi connectivity index (χ3n) is 10.1. The average Bonchev–Trinajstić information content (AvgIpc) is 3.59. The van der Waals surface area contributed by atoms with Crippen molar-refractivity contribution in [2.75, 3.05) is 18.1 Å². The summed E-state index contributed by atoms with van der Waals surface area (Å²) in [6.45, 7) is 2.86. The number of benzene rings is 6. The number of rotatable bonds is 15. The molecule has 0 aromatic heterocycles. The molecule has 0 saturated heterocycles. The number of alkyl halides is 3. The third kappa shape index (κ3) is 9.24. The zero-order chi connectivity index (χ0) is 40.0. The number of nitrogens with zero attached hydrogens (tertiary/aromatic N) is 1. The van der Waals surface area contributed by atoms with Crippen LogP contribution in [0.25, 0.3) is 11.1 Å². The summed E-state index contributed by atoms with van der Waals surface area (Å²) < 4.78 is 80.9. The first-order chi connectivity index (χ1) is 27.5. The van der Waals surface area contributed by atoms with Gasteiger partial charge in [0.05, 0.1) is 22.8 Å². The summed E-state index contributed by atoms with van der Waals surface area (Å²) in [6.07, 6.45) is -3.69. The van der Waals surface area contributed by atoms with E-state index in [9.17, 15) is 26.4 Å². The molecular weight excluding hydrogens is 748 g/mol. The Morgan fingerprint density at radius 1 is 0.737 bits per heavy atom. The van der Waals surface area contributed by atoms with Gasteiger partial charge in [-0.3, -0.25) is 0 Å². The molecule has 6 nitrogen and oxygen atoms in total. The highest BCUT2D eigenvalue weighted by Gasteiger charge is 2.33. The van der Waals surface area contributed by atoms with Crippen LogP contribution in [0.4, 0.5) is 18.9 Å². The SMILES string of the molecule is CCOC(=O)c1cc(S(=O)(=O)c2ccc(CCCN(Cc3ccccc3)c3c(CC(F)(F)F)ccc4c3Cc3ccccc3-4)cc2)ccc1OCc1ccccc1. The maximum absolute atomic E-state index is 14.0. The van der Waals surface area contributed by atoms with E-state index in [0.29, 0.717) is 38.0 Å². The Bertz CT molecular complexity index is 2450. The zero-order valence-corrected chi connectivity index (χ0v) is 32.3. The number of sulfone groups is 1.